The molecule has 0 aliphatic carbocycles. The summed E-state index contributed by atoms with van der Waals surface area (Å²) in [5.74, 6) is -0.256. The molecule has 2 unspecified atom stereocenters. The number of hydrogen-bond donors (Lipinski definition) is 2. The Balaban J connectivity index is 2.34. The van der Waals surface area contributed by atoms with Gasteiger partial charge in [-0.1, -0.05) is 49.4 Å². The Kier molecular flexibility index (Phi) is 6.17. The number of aliphatic hydroxyl groups excluding tert-OH is 1. The third-order valence-electron chi connectivity index (χ3n) is 3.91. The fourth-order valence-electron chi connectivity index (χ4n) is 2.61. The van der Waals surface area contributed by atoms with E-state index < -0.39 is 22.2 Å². The van der Waals surface area contributed by atoms with E-state index in [1.807, 2.05) is 30.3 Å². The molecule has 2 aromatic rings. The number of carbonyl (C=O) groups excluding carboxylic acids is 1. The SMILES string of the molecule is CCS(=O)(=O)c1ccc(C(CC(O)OC(N)=O)c2ccccc2)cc1. The molecule has 0 heterocycles. The van der Waals surface area contributed by atoms with Crippen LogP contribution in [-0.4, -0.2) is 31.7 Å². The second-order valence-electron chi connectivity index (χ2n) is 5.56. The van der Waals surface area contributed by atoms with Crippen LogP contribution in [0.25, 0.3) is 0 Å². The molecule has 2 rings (SSSR count). The molecule has 0 fully saturated rings. The number of nitrogens with two attached hydrogens (primary N) is 1. The summed E-state index contributed by atoms with van der Waals surface area (Å²) >= 11 is 0. The third-order valence-corrected chi connectivity index (χ3v) is 5.66. The lowest BCUT2D eigenvalue weighted by Crippen LogP contribution is -2.24. The summed E-state index contributed by atoms with van der Waals surface area (Å²) in [5.41, 5.74) is 6.64. The molecule has 3 N–H and O–H groups in total. The van der Waals surface area contributed by atoms with Crippen LogP contribution in [0.4, 0.5) is 4.79 Å². The van der Waals surface area contributed by atoms with Crippen LogP contribution in [0.3, 0.4) is 0 Å². The van der Waals surface area contributed by atoms with E-state index in [0.29, 0.717) is 0 Å². The van der Waals surface area contributed by atoms with Crippen molar-refractivity contribution in [1.29, 1.82) is 0 Å². The minimum Gasteiger partial charge on any atom is -0.420 e. The van der Waals surface area contributed by atoms with Crippen molar-refractivity contribution in [1.82, 2.24) is 0 Å². The average molecular weight is 363 g/mol. The van der Waals surface area contributed by atoms with Gasteiger partial charge in [-0.2, -0.15) is 0 Å². The zero-order valence-electron chi connectivity index (χ0n) is 13.8. The normalized spacial score (nSPS) is 13.8. The Labute approximate surface area is 147 Å². The van der Waals surface area contributed by atoms with Gasteiger partial charge >= 0.3 is 6.09 Å². The van der Waals surface area contributed by atoms with E-state index >= 15 is 0 Å². The second-order valence-corrected chi connectivity index (χ2v) is 7.84. The van der Waals surface area contributed by atoms with E-state index in [9.17, 15) is 18.3 Å². The van der Waals surface area contributed by atoms with Crippen LogP contribution < -0.4 is 5.73 Å². The topological polar surface area (TPSA) is 107 Å². The number of ether oxygens (including phenoxy) is 1. The van der Waals surface area contributed by atoms with E-state index in [0.717, 1.165) is 11.1 Å². The summed E-state index contributed by atoms with van der Waals surface area (Å²) in [7, 11) is -3.28. The largest absolute Gasteiger partial charge is 0.420 e. The lowest BCUT2D eigenvalue weighted by atomic mass is 9.88. The van der Waals surface area contributed by atoms with Gasteiger partial charge in [0.2, 0.25) is 6.29 Å². The van der Waals surface area contributed by atoms with Crippen LogP contribution >= 0.6 is 0 Å². The summed E-state index contributed by atoms with van der Waals surface area (Å²) in [5, 5.41) is 9.92. The summed E-state index contributed by atoms with van der Waals surface area (Å²) in [6, 6.07) is 15.9. The van der Waals surface area contributed by atoms with Crippen molar-refractivity contribution in [2.75, 3.05) is 5.75 Å². The van der Waals surface area contributed by atoms with Gasteiger partial charge in [0.25, 0.3) is 0 Å². The molecule has 0 bridgehead atoms. The van der Waals surface area contributed by atoms with Crippen molar-refractivity contribution in [2.45, 2.75) is 30.4 Å². The molecule has 0 radical (unpaired) electrons. The molecule has 0 spiro atoms. The van der Waals surface area contributed by atoms with Gasteiger partial charge in [0.15, 0.2) is 9.84 Å². The molecule has 1 amide bonds. The summed E-state index contributed by atoms with van der Waals surface area (Å²) in [6.07, 6.45) is -2.31. The summed E-state index contributed by atoms with van der Waals surface area (Å²) in [4.78, 5) is 11.1. The highest BCUT2D eigenvalue weighted by atomic mass is 32.2. The zero-order valence-corrected chi connectivity index (χ0v) is 14.6. The molecule has 0 aliphatic rings. The number of rotatable bonds is 7. The van der Waals surface area contributed by atoms with E-state index in [1.165, 1.54) is 0 Å². The minimum atomic E-state index is -3.28. The Morgan fingerprint density at radius 3 is 2.16 bits per heavy atom. The van der Waals surface area contributed by atoms with Crippen molar-refractivity contribution in [2.24, 2.45) is 5.73 Å². The number of aliphatic hydroxyl groups is 1. The van der Waals surface area contributed by atoms with Crippen molar-refractivity contribution in [3.05, 3.63) is 65.7 Å². The summed E-state index contributed by atoms with van der Waals surface area (Å²) in [6.45, 7) is 1.59. The molecule has 6 nitrogen and oxygen atoms in total. The van der Waals surface area contributed by atoms with Crippen LogP contribution in [0.5, 0.6) is 0 Å². The maximum atomic E-state index is 11.9. The van der Waals surface area contributed by atoms with Crippen molar-refractivity contribution >= 4 is 15.9 Å². The van der Waals surface area contributed by atoms with Gasteiger partial charge in [-0.15, -0.1) is 0 Å². The van der Waals surface area contributed by atoms with Crippen molar-refractivity contribution < 1.29 is 23.1 Å². The highest BCUT2D eigenvalue weighted by Gasteiger charge is 2.21. The zero-order chi connectivity index (χ0) is 18.4. The van der Waals surface area contributed by atoms with Crippen LogP contribution in [0.15, 0.2) is 59.5 Å². The van der Waals surface area contributed by atoms with Crippen molar-refractivity contribution in [3.63, 3.8) is 0 Å². The monoisotopic (exact) mass is 363 g/mol. The fraction of sp³-hybridized carbons (Fsp3) is 0.278. The van der Waals surface area contributed by atoms with Crippen LogP contribution in [-0.2, 0) is 14.6 Å². The number of benzene rings is 2. The van der Waals surface area contributed by atoms with Gasteiger partial charge in [-0.3, -0.25) is 0 Å². The first-order chi connectivity index (χ1) is 11.8. The van der Waals surface area contributed by atoms with Gasteiger partial charge in [0, 0.05) is 12.3 Å². The number of hydrogen-bond acceptors (Lipinski definition) is 5. The molecule has 0 aliphatic heterocycles. The summed E-state index contributed by atoms with van der Waals surface area (Å²) < 4.78 is 28.5. The maximum Gasteiger partial charge on any atom is 0.406 e. The molecule has 2 aromatic carbocycles. The predicted octanol–water partition coefficient (Wildman–Crippen LogP) is 2.42. The molecular formula is C18H21NO5S. The van der Waals surface area contributed by atoms with E-state index in [1.54, 1.807) is 31.2 Å². The Morgan fingerprint density at radius 2 is 1.64 bits per heavy atom. The van der Waals surface area contributed by atoms with Gasteiger partial charge in [0.1, 0.15) is 0 Å². The molecular weight excluding hydrogens is 342 g/mol. The third kappa shape index (κ3) is 5.04. The number of sulfone groups is 1. The van der Waals surface area contributed by atoms with Crippen LogP contribution in [0.2, 0.25) is 0 Å². The van der Waals surface area contributed by atoms with E-state index in [-0.39, 0.29) is 23.0 Å². The van der Waals surface area contributed by atoms with Crippen molar-refractivity contribution in [3.8, 4) is 0 Å². The standard InChI is InChI=1S/C18H21NO5S/c1-2-25(22,23)15-10-8-14(9-11-15)16(12-17(20)24-18(19)21)13-6-4-3-5-7-13/h3-11,16-17,20H,2,12H2,1H3,(H2,19,21). The van der Waals surface area contributed by atoms with Gasteiger partial charge in [-0.05, 0) is 23.3 Å². The molecule has 0 saturated carbocycles. The minimum absolute atomic E-state index is 0.0274. The highest BCUT2D eigenvalue weighted by Crippen LogP contribution is 2.30. The Hall–Kier alpha value is -2.38. The molecule has 0 aromatic heterocycles. The number of primary amides is 1. The highest BCUT2D eigenvalue weighted by molar-refractivity contribution is 7.91. The quantitative estimate of drug-likeness (QED) is 0.735. The molecule has 2 atom stereocenters. The van der Waals surface area contributed by atoms with Gasteiger partial charge < -0.3 is 15.6 Å². The molecule has 0 saturated heterocycles. The van der Waals surface area contributed by atoms with E-state index in [2.05, 4.69) is 4.74 Å². The first-order valence-corrected chi connectivity index (χ1v) is 9.50. The first kappa shape index (κ1) is 19.0. The van der Waals surface area contributed by atoms with Gasteiger partial charge in [-0.25, -0.2) is 13.2 Å². The smallest absolute Gasteiger partial charge is 0.406 e. The first-order valence-electron chi connectivity index (χ1n) is 7.85. The molecule has 25 heavy (non-hydrogen) atoms. The van der Waals surface area contributed by atoms with Crippen LogP contribution in [0.1, 0.15) is 30.4 Å². The maximum absolute atomic E-state index is 11.9. The van der Waals surface area contributed by atoms with Gasteiger partial charge in [0.05, 0.1) is 10.6 Å². The Morgan fingerprint density at radius 1 is 1.08 bits per heavy atom. The second kappa shape index (κ2) is 8.13. The lowest BCUT2D eigenvalue weighted by molar-refractivity contribution is -0.0553. The fourth-order valence-corrected chi connectivity index (χ4v) is 3.49. The lowest BCUT2D eigenvalue weighted by Gasteiger charge is -2.21. The molecule has 7 heteroatoms. The Bertz CT molecular complexity index is 803. The molecule has 134 valence electrons. The predicted molar refractivity (Wildman–Crippen MR) is 93.7 cm³/mol. The van der Waals surface area contributed by atoms with Crippen LogP contribution in [0, 0.1) is 0 Å². The van der Waals surface area contributed by atoms with E-state index in [4.69, 9.17) is 5.73 Å². The number of carbonyl (C=O) groups is 1. The number of amides is 1. The average Bonchev–Trinajstić information content (AvgIpc) is 2.60.